The Morgan fingerprint density at radius 1 is 0.867 bits per heavy atom. The lowest BCUT2D eigenvalue weighted by molar-refractivity contribution is 0.176. The molecule has 1 unspecified atom stereocenters. The van der Waals surface area contributed by atoms with Crippen LogP contribution in [0.5, 0.6) is 0 Å². The van der Waals surface area contributed by atoms with Crippen molar-refractivity contribution in [1.82, 2.24) is 0 Å². The van der Waals surface area contributed by atoms with Gasteiger partial charge in [0.25, 0.3) is 0 Å². The predicted molar refractivity (Wildman–Crippen MR) is 128 cm³/mol. The quantitative estimate of drug-likeness (QED) is 0.429. The molecule has 0 N–H and O–H groups in total. The first-order chi connectivity index (χ1) is 14.8. The van der Waals surface area contributed by atoms with Gasteiger partial charge >= 0.3 is 0 Å². The normalized spacial score (nSPS) is 26.6. The highest BCUT2D eigenvalue weighted by Gasteiger charge is 2.58. The van der Waals surface area contributed by atoms with Gasteiger partial charge in [-0.2, -0.15) is 0 Å². The monoisotopic (exact) mass is 392 g/mol. The fourth-order valence-corrected chi connectivity index (χ4v) is 7.29. The average molecular weight is 393 g/mol. The molecule has 0 heterocycles. The van der Waals surface area contributed by atoms with Gasteiger partial charge in [0.2, 0.25) is 0 Å². The van der Waals surface area contributed by atoms with Gasteiger partial charge in [-0.15, -0.1) is 0 Å². The van der Waals surface area contributed by atoms with Gasteiger partial charge in [-0.05, 0) is 101 Å². The van der Waals surface area contributed by atoms with E-state index in [1.807, 2.05) is 0 Å². The molecule has 0 aliphatic heterocycles. The fourth-order valence-electron chi connectivity index (χ4n) is 7.29. The first-order valence-corrected chi connectivity index (χ1v) is 12.1. The van der Waals surface area contributed by atoms with Crippen LogP contribution in [0, 0.1) is 11.8 Å². The van der Waals surface area contributed by atoms with E-state index < -0.39 is 0 Å². The van der Waals surface area contributed by atoms with E-state index in [-0.39, 0.29) is 5.41 Å². The van der Waals surface area contributed by atoms with Crippen molar-refractivity contribution in [2.45, 2.75) is 64.2 Å². The van der Waals surface area contributed by atoms with Gasteiger partial charge in [-0.1, -0.05) is 74.9 Å². The molecule has 0 nitrogen and oxygen atoms in total. The van der Waals surface area contributed by atoms with Crippen LogP contribution in [0.15, 0.2) is 54.6 Å². The standard InChI is InChI=1S/C30H32/c1-3-5-9-22-18-28-24(14-20(22)4-2)16-26-12-8-13-27-17-25-15-21-10-6-7-11-23(21)19-29(25)30(26,27)28/h5-7,9-11,14-15,18-19,26-27H,3-4,8,12-13,16-17H2,1-2H3/b9-5-/t26?,27-,30-/m0/s1. The van der Waals surface area contributed by atoms with E-state index in [2.05, 4.69) is 74.5 Å². The number of rotatable bonds is 3. The molecule has 3 aromatic rings. The highest BCUT2D eigenvalue weighted by Crippen LogP contribution is 2.63. The maximum atomic E-state index is 2.61. The number of benzene rings is 3. The second kappa shape index (κ2) is 6.84. The molecule has 1 spiro atoms. The summed E-state index contributed by atoms with van der Waals surface area (Å²) < 4.78 is 0. The average Bonchev–Trinajstić information content (AvgIpc) is 3.28. The van der Waals surface area contributed by atoms with Gasteiger partial charge in [-0.25, -0.2) is 0 Å². The summed E-state index contributed by atoms with van der Waals surface area (Å²) in [6, 6.07) is 19.3. The fraction of sp³-hybridized carbons (Fsp3) is 0.400. The lowest BCUT2D eigenvalue weighted by atomic mass is 9.59. The minimum atomic E-state index is 0.258. The van der Waals surface area contributed by atoms with Gasteiger partial charge in [0.15, 0.2) is 0 Å². The van der Waals surface area contributed by atoms with Crippen LogP contribution in [0.1, 0.15) is 72.9 Å². The molecule has 152 valence electrons. The Kier molecular flexibility index (Phi) is 4.20. The molecule has 3 aromatic carbocycles. The van der Waals surface area contributed by atoms with Crippen LogP contribution >= 0.6 is 0 Å². The van der Waals surface area contributed by atoms with Crippen LogP contribution in [-0.2, 0) is 24.7 Å². The minimum Gasteiger partial charge on any atom is -0.0842 e. The molecule has 3 aliphatic rings. The van der Waals surface area contributed by atoms with Crippen molar-refractivity contribution in [2.75, 3.05) is 0 Å². The lowest BCUT2D eigenvalue weighted by Gasteiger charge is -2.44. The van der Waals surface area contributed by atoms with Crippen molar-refractivity contribution in [1.29, 1.82) is 0 Å². The van der Waals surface area contributed by atoms with Crippen molar-refractivity contribution in [3.8, 4) is 0 Å². The van der Waals surface area contributed by atoms with Gasteiger partial charge in [0.1, 0.15) is 0 Å². The topological polar surface area (TPSA) is 0 Å². The summed E-state index contributed by atoms with van der Waals surface area (Å²) in [6.45, 7) is 4.55. The van der Waals surface area contributed by atoms with Crippen molar-refractivity contribution in [3.63, 3.8) is 0 Å². The number of fused-ring (bicyclic) bond motifs is 3. The maximum absolute atomic E-state index is 2.61. The van der Waals surface area contributed by atoms with E-state index in [1.165, 1.54) is 54.0 Å². The molecule has 3 aliphatic carbocycles. The minimum absolute atomic E-state index is 0.258. The molecule has 1 fully saturated rings. The highest BCUT2D eigenvalue weighted by atomic mass is 14.6. The van der Waals surface area contributed by atoms with E-state index >= 15 is 0 Å². The molecule has 0 saturated heterocycles. The molecule has 0 radical (unpaired) electrons. The summed E-state index contributed by atoms with van der Waals surface area (Å²) in [5, 5.41) is 2.83. The molecular weight excluding hydrogens is 360 g/mol. The Balaban J connectivity index is 1.62. The Hall–Kier alpha value is -2.34. The zero-order valence-corrected chi connectivity index (χ0v) is 18.4. The van der Waals surface area contributed by atoms with E-state index in [1.54, 1.807) is 22.3 Å². The third kappa shape index (κ3) is 2.40. The lowest BCUT2D eigenvalue weighted by Crippen LogP contribution is -2.41. The largest absolute Gasteiger partial charge is 0.0842 e. The number of allylic oxidation sites excluding steroid dienone is 1. The SMILES string of the molecule is CC/C=C\c1cc2c(cc1CC)CC1CCC[C@H]3Cc4cc5ccccc5cc4[C@@]213. The second-order valence-corrected chi connectivity index (χ2v) is 9.83. The Morgan fingerprint density at radius 3 is 2.23 bits per heavy atom. The zero-order chi connectivity index (χ0) is 20.3. The van der Waals surface area contributed by atoms with Crippen LogP contribution in [-0.4, -0.2) is 0 Å². The third-order valence-electron chi connectivity index (χ3n) is 8.47. The van der Waals surface area contributed by atoms with Gasteiger partial charge in [0.05, 0.1) is 0 Å². The third-order valence-corrected chi connectivity index (χ3v) is 8.47. The predicted octanol–water partition coefficient (Wildman–Crippen LogP) is 7.64. The first kappa shape index (κ1) is 18.4. The molecule has 1 saturated carbocycles. The number of hydrogen-bond acceptors (Lipinski definition) is 0. The van der Waals surface area contributed by atoms with Crippen LogP contribution in [0.4, 0.5) is 0 Å². The first-order valence-electron chi connectivity index (χ1n) is 12.1. The van der Waals surface area contributed by atoms with Crippen molar-refractivity contribution in [2.24, 2.45) is 11.8 Å². The molecule has 30 heavy (non-hydrogen) atoms. The van der Waals surface area contributed by atoms with Crippen molar-refractivity contribution >= 4 is 16.8 Å². The summed E-state index contributed by atoms with van der Waals surface area (Å²) in [5.41, 5.74) is 9.88. The van der Waals surface area contributed by atoms with Gasteiger partial charge < -0.3 is 0 Å². The van der Waals surface area contributed by atoms with Crippen LogP contribution < -0.4 is 0 Å². The molecule has 0 bridgehead atoms. The molecule has 0 heteroatoms. The molecule has 6 rings (SSSR count). The van der Waals surface area contributed by atoms with E-state index in [4.69, 9.17) is 0 Å². The van der Waals surface area contributed by atoms with E-state index in [0.29, 0.717) is 0 Å². The van der Waals surface area contributed by atoms with Crippen molar-refractivity contribution < 1.29 is 0 Å². The van der Waals surface area contributed by atoms with E-state index in [0.717, 1.165) is 24.7 Å². The number of aryl methyl sites for hydroxylation is 1. The van der Waals surface area contributed by atoms with Crippen LogP contribution in [0.2, 0.25) is 0 Å². The smallest absolute Gasteiger partial charge is 0.0271 e. The van der Waals surface area contributed by atoms with Gasteiger partial charge in [-0.3, -0.25) is 0 Å². The Morgan fingerprint density at radius 2 is 1.53 bits per heavy atom. The van der Waals surface area contributed by atoms with Crippen LogP contribution in [0.25, 0.3) is 16.8 Å². The number of hydrogen-bond donors (Lipinski definition) is 0. The molecular formula is C30H32. The van der Waals surface area contributed by atoms with Gasteiger partial charge in [0, 0.05) is 5.41 Å². The highest BCUT2D eigenvalue weighted by molar-refractivity contribution is 5.85. The molecule has 3 atom stereocenters. The summed E-state index contributed by atoms with van der Waals surface area (Å²) >= 11 is 0. The summed E-state index contributed by atoms with van der Waals surface area (Å²) in [7, 11) is 0. The Labute approximate surface area is 181 Å². The van der Waals surface area contributed by atoms with Crippen molar-refractivity contribution in [3.05, 3.63) is 88.0 Å². The summed E-state index contributed by atoms with van der Waals surface area (Å²) in [6.07, 6.45) is 13.7. The molecule has 0 aromatic heterocycles. The Bertz CT molecular complexity index is 1160. The van der Waals surface area contributed by atoms with E-state index in [9.17, 15) is 0 Å². The molecule has 0 amide bonds. The second-order valence-electron chi connectivity index (χ2n) is 9.83. The maximum Gasteiger partial charge on any atom is 0.0271 e. The van der Waals surface area contributed by atoms with Crippen LogP contribution in [0.3, 0.4) is 0 Å². The summed E-state index contributed by atoms with van der Waals surface area (Å²) in [4.78, 5) is 0. The summed E-state index contributed by atoms with van der Waals surface area (Å²) in [5.74, 6) is 1.56. The zero-order valence-electron chi connectivity index (χ0n) is 18.4.